The van der Waals surface area contributed by atoms with Crippen LogP contribution in [0.1, 0.15) is 60.9 Å². The van der Waals surface area contributed by atoms with Gasteiger partial charge >= 0.3 is 0 Å². The van der Waals surface area contributed by atoms with Gasteiger partial charge in [-0.2, -0.15) is 0 Å². The number of nitrogens with zero attached hydrogens (tertiary/aromatic N) is 4. The number of allylic oxidation sites excluding steroid dienone is 1. The van der Waals surface area contributed by atoms with Gasteiger partial charge in [0.2, 0.25) is 0 Å². The largest absolute Gasteiger partial charge is 0.313 e. The first-order chi connectivity index (χ1) is 33.7. The second kappa shape index (κ2) is 16.7. The van der Waals surface area contributed by atoms with Crippen LogP contribution in [0.4, 0.5) is 0 Å². The van der Waals surface area contributed by atoms with Crippen LogP contribution in [-0.4, -0.2) is 19.1 Å². The number of para-hydroxylation sites is 1. The Balaban J connectivity index is 0.839. The van der Waals surface area contributed by atoms with Crippen LogP contribution in [-0.2, 0) is 11.8 Å². The molecule has 0 amide bonds. The van der Waals surface area contributed by atoms with Crippen molar-refractivity contribution in [3.05, 3.63) is 235 Å². The van der Waals surface area contributed by atoms with Crippen molar-refractivity contribution in [2.75, 3.05) is 0 Å². The van der Waals surface area contributed by atoms with Crippen LogP contribution in [0, 0.1) is 0 Å². The summed E-state index contributed by atoms with van der Waals surface area (Å²) in [6.07, 6.45) is 12.8. The molecule has 1 fully saturated rings. The third kappa shape index (κ3) is 6.82. The molecule has 4 nitrogen and oxygen atoms in total. The molecular weight excluding hydrogens is 825 g/mol. The zero-order valence-corrected chi connectivity index (χ0v) is 38.0. The van der Waals surface area contributed by atoms with E-state index in [2.05, 4.69) is 221 Å². The van der Waals surface area contributed by atoms with E-state index in [1.54, 1.807) is 0 Å². The fourth-order valence-corrected chi connectivity index (χ4v) is 11.6. The number of hydrogen-bond acceptors (Lipinski definition) is 2. The van der Waals surface area contributed by atoms with E-state index in [0.29, 0.717) is 0 Å². The van der Waals surface area contributed by atoms with Crippen molar-refractivity contribution in [1.82, 2.24) is 19.1 Å². The quantitative estimate of drug-likeness (QED) is 0.152. The van der Waals surface area contributed by atoms with Gasteiger partial charge in [0, 0.05) is 66.5 Å². The SMILES string of the molecule is C1=Cc2c(n(-c3ccc(C4(c5ccc(-n6c7ccccc7c7cc(-c8cccc(-c9ccccc9)n8)ccc76)cc5)CCCCC4)cc3)c3ccc(-c4cccc(-c5ccccc5)n4)cc23)CC1. The van der Waals surface area contributed by atoms with Gasteiger partial charge in [0.1, 0.15) is 0 Å². The van der Waals surface area contributed by atoms with Gasteiger partial charge in [-0.25, -0.2) is 9.97 Å². The third-order valence-corrected chi connectivity index (χ3v) is 14.9. The van der Waals surface area contributed by atoms with Gasteiger partial charge in [0.25, 0.3) is 0 Å². The third-order valence-electron chi connectivity index (χ3n) is 14.9. The van der Waals surface area contributed by atoms with E-state index < -0.39 is 0 Å². The molecule has 0 unspecified atom stereocenters. The predicted octanol–water partition coefficient (Wildman–Crippen LogP) is 16.4. The molecule has 1 saturated carbocycles. The lowest BCUT2D eigenvalue weighted by molar-refractivity contribution is 0.346. The smallest absolute Gasteiger partial charge is 0.0709 e. The molecule has 0 bridgehead atoms. The van der Waals surface area contributed by atoms with Crippen LogP contribution >= 0.6 is 0 Å². The Morgan fingerprint density at radius 3 is 1.49 bits per heavy atom. The molecule has 2 aliphatic rings. The normalized spacial score (nSPS) is 14.4. The molecule has 0 radical (unpaired) electrons. The second-order valence-electron chi connectivity index (χ2n) is 18.7. The lowest BCUT2D eigenvalue weighted by Crippen LogP contribution is -2.30. The molecule has 0 spiro atoms. The molecule has 11 aromatic rings. The van der Waals surface area contributed by atoms with Gasteiger partial charge in [0.15, 0.2) is 0 Å². The van der Waals surface area contributed by atoms with E-state index >= 15 is 0 Å². The Hall–Kier alpha value is -8.08. The van der Waals surface area contributed by atoms with Gasteiger partial charge in [-0.05, 0) is 116 Å². The highest BCUT2D eigenvalue weighted by Gasteiger charge is 2.36. The fraction of sp³-hybridized carbons (Fsp3) is 0.125. The highest BCUT2D eigenvalue weighted by molar-refractivity contribution is 6.10. The summed E-state index contributed by atoms with van der Waals surface area (Å²) in [7, 11) is 0. The van der Waals surface area contributed by atoms with Crippen molar-refractivity contribution in [3.8, 4) is 56.4 Å². The first-order valence-electron chi connectivity index (χ1n) is 24.3. The minimum Gasteiger partial charge on any atom is -0.313 e. The molecule has 2 aliphatic carbocycles. The summed E-state index contributed by atoms with van der Waals surface area (Å²) in [5, 5.41) is 3.76. The van der Waals surface area contributed by atoms with Gasteiger partial charge in [-0.15, -0.1) is 0 Å². The molecule has 0 N–H and O–H groups in total. The molecule has 7 aromatic carbocycles. The maximum atomic E-state index is 5.12. The lowest BCUT2D eigenvalue weighted by Gasteiger charge is -2.39. The Morgan fingerprint density at radius 2 is 0.882 bits per heavy atom. The molecule has 4 aromatic heterocycles. The summed E-state index contributed by atoms with van der Waals surface area (Å²) in [6, 6.07) is 75.3. The van der Waals surface area contributed by atoms with Gasteiger partial charge in [-0.1, -0.05) is 159 Å². The summed E-state index contributed by atoms with van der Waals surface area (Å²) in [5.74, 6) is 0. The molecule has 4 heteroatoms. The standard InChI is InChI=1S/C64H50N4/c1-4-16-44(17-5-1)56-22-14-24-58(65-56)46-28-38-62-54(42-46)52-20-8-10-26-60(52)67(62)50-34-30-48(31-35-50)64(40-12-3-13-41-64)49-32-36-51(37-33-49)68-61-27-11-9-21-53(61)55-43-47(29-39-63(55)68)59-25-15-23-57(66-59)45-18-6-2-7-19-45/h1-2,4-10,14-26,28-39,42-43H,3,11-13,27,40-41H2. The van der Waals surface area contributed by atoms with E-state index in [1.807, 2.05) is 6.07 Å². The van der Waals surface area contributed by atoms with Crippen LogP contribution in [0.3, 0.4) is 0 Å². The minimum atomic E-state index is -0.0383. The van der Waals surface area contributed by atoms with Crippen molar-refractivity contribution < 1.29 is 0 Å². The Bertz CT molecular complexity index is 3680. The number of aromatic nitrogens is 4. The van der Waals surface area contributed by atoms with E-state index in [1.165, 1.54) is 85.7 Å². The van der Waals surface area contributed by atoms with Crippen LogP contribution in [0.2, 0.25) is 0 Å². The Kier molecular flexibility index (Phi) is 9.85. The summed E-state index contributed by atoms with van der Waals surface area (Å²) in [5.41, 5.74) is 20.0. The van der Waals surface area contributed by atoms with E-state index in [-0.39, 0.29) is 5.41 Å². The first kappa shape index (κ1) is 40.2. The van der Waals surface area contributed by atoms with Crippen molar-refractivity contribution in [2.24, 2.45) is 0 Å². The maximum Gasteiger partial charge on any atom is 0.0709 e. The van der Waals surface area contributed by atoms with E-state index in [0.717, 1.165) is 70.7 Å². The zero-order chi connectivity index (χ0) is 45.0. The molecule has 326 valence electrons. The molecule has 0 saturated heterocycles. The monoisotopic (exact) mass is 874 g/mol. The van der Waals surface area contributed by atoms with Crippen molar-refractivity contribution in [3.63, 3.8) is 0 Å². The number of hydrogen-bond donors (Lipinski definition) is 0. The average molecular weight is 875 g/mol. The average Bonchev–Trinajstić information content (AvgIpc) is 3.94. The number of benzene rings is 7. The first-order valence-corrected chi connectivity index (χ1v) is 24.3. The van der Waals surface area contributed by atoms with Gasteiger partial charge < -0.3 is 9.13 Å². The Morgan fingerprint density at radius 1 is 0.382 bits per heavy atom. The molecule has 13 rings (SSSR count). The van der Waals surface area contributed by atoms with Crippen LogP contribution < -0.4 is 0 Å². The van der Waals surface area contributed by atoms with Crippen LogP contribution in [0.25, 0.3) is 95.2 Å². The summed E-state index contributed by atoms with van der Waals surface area (Å²) >= 11 is 0. The lowest BCUT2D eigenvalue weighted by atomic mass is 9.65. The highest BCUT2D eigenvalue weighted by atomic mass is 15.0. The van der Waals surface area contributed by atoms with Gasteiger partial charge in [-0.3, -0.25) is 0 Å². The van der Waals surface area contributed by atoms with Gasteiger partial charge in [0.05, 0.1) is 39.3 Å². The van der Waals surface area contributed by atoms with Crippen LogP contribution in [0.5, 0.6) is 0 Å². The minimum absolute atomic E-state index is 0.0383. The summed E-state index contributed by atoms with van der Waals surface area (Å²) < 4.78 is 4.96. The number of pyridine rings is 2. The van der Waals surface area contributed by atoms with E-state index in [9.17, 15) is 0 Å². The summed E-state index contributed by atoms with van der Waals surface area (Å²) in [6.45, 7) is 0. The second-order valence-corrected chi connectivity index (χ2v) is 18.7. The molecular formula is C64H50N4. The molecule has 68 heavy (non-hydrogen) atoms. The highest BCUT2D eigenvalue weighted by Crippen LogP contribution is 2.46. The molecule has 4 heterocycles. The maximum absolute atomic E-state index is 5.12. The van der Waals surface area contributed by atoms with E-state index in [4.69, 9.17) is 9.97 Å². The Labute approximate surface area is 397 Å². The van der Waals surface area contributed by atoms with Crippen LogP contribution in [0.15, 0.2) is 212 Å². The predicted molar refractivity (Wildman–Crippen MR) is 283 cm³/mol. The molecule has 0 atom stereocenters. The fourth-order valence-electron chi connectivity index (χ4n) is 11.6. The number of rotatable bonds is 8. The topological polar surface area (TPSA) is 35.6 Å². The van der Waals surface area contributed by atoms with Crippen molar-refractivity contribution in [2.45, 2.75) is 50.4 Å². The zero-order valence-electron chi connectivity index (χ0n) is 38.0. The summed E-state index contributed by atoms with van der Waals surface area (Å²) in [4.78, 5) is 10.2. The van der Waals surface area contributed by atoms with Crippen molar-refractivity contribution >= 4 is 38.8 Å². The number of fused-ring (bicyclic) bond motifs is 6. The molecule has 0 aliphatic heterocycles. The van der Waals surface area contributed by atoms with Crippen molar-refractivity contribution in [1.29, 1.82) is 0 Å².